The summed E-state index contributed by atoms with van der Waals surface area (Å²) in [6.45, 7) is 4.01. The molecule has 0 aliphatic carbocycles. The smallest absolute Gasteiger partial charge is 0.0693 e. The van der Waals surface area contributed by atoms with Gasteiger partial charge in [-0.2, -0.15) is 0 Å². The SMILES string of the molecule is CCCCCCCCCCCCC1CN([O-])CCO1. The fraction of sp³-hybridized carbons (Fsp3) is 1.00. The van der Waals surface area contributed by atoms with Crippen molar-refractivity contribution in [3.05, 3.63) is 5.21 Å². The van der Waals surface area contributed by atoms with E-state index in [4.69, 9.17) is 4.74 Å². The van der Waals surface area contributed by atoms with Gasteiger partial charge in [-0.3, -0.25) is 0 Å². The van der Waals surface area contributed by atoms with E-state index in [9.17, 15) is 5.21 Å². The van der Waals surface area contributed by atoms with Crippen molar-refractivity contribution in [3.63, 3.8) is 0 Å². The predicted octanol–water partition coefficient (Wildman–Crippen LogP) is 4.50. The second-order valence-electron chi connectivity index (χ2n) is 5.85. The maximum absolute atomic E-state index is 11.2. The van der Waals surface area contributed by atoms with Gasteiger partial charge in [-0.1, -0.05) is 71.1 Å². The molecule has 0 aromatic carbocycles. The number of hydrogen-bond acceptors (Lipinski definition) is 3. The van der Waals surface area contributed by atoms with Gasteiger partial charge in [0.05, 0.1) is 12.7 Å². The van der Waals surface area contributed by atoms with Crippen molar-refractivity contribution in [2.75, 3.05) is 19.7 Å². The average molecular weight is 270 g/mol. The van der Waals surface area contributed by atoms with Crippen LogP contribution in [0.25, 0.3) is 0 Å². The Bertz CT molecular complexity index is 199. The molecule has 1 unspecified atom stereocenters. The monoisotopic (exact) mass is 270 g/mol. The Hall–Kier alpha value is -0.120. The minimum atomic E-state index is 0.195. The first-order chi connectivity index (χ1) is 9.33. The number of hydroxylamine groups is 2. The maximum atomic E-state index is 11.2. The molecule has 3 heteroatoms. The third-order valence-corrected chi connectivity index (χ3v) is 3.98. The molecule has 0 bridgehead atoms. The lowest BCUT2D eigenvalue weighted by molar-refractivity contribution is -0.0174. The van der Waals surface area contributed by atoms with Crippen LogP contribution in [0.2, 0.25) is 0 Å². The van der Waals surface area contributed by atoms with E-state index in [0.29, 0.717) is 19.7 Å². The van der Waals surface area contributed by atoms with Crippen LogP contribution in [0.4, 0.5) is 0 Å². The van der Waals surface area contributed by atoms with E-state index >= 15 is 0 Å². The molecule has 1 heterocycles. The second-order valence-corrected chi connectivity index (χ2v) is 5.85. The normalized spacial score (nSPS) is 20.8. The van der Waals surface area contributed by atoms with Crippen molar-refractivity contribution >= 4 is 0 Å². The molecule has 19 heavy (non-hydrogen) atoms. The van der Waals surface area contributed by atoms with Gasteiger partial charge in [0.25, 0.3) is 0 Å². The molecule has 114 valence electrons. The Morgan fingerprint density at radius 3 is 2.11 bits per heavy atom. The number of rotatable bonds is 11. The van der Waals surface area contributed by atoms with Crippen molar-refractivity contribution in [2.24, 2.45) is 0 Å². The van der Waals surface area contributed by atoms with Crippen molar-refractivity contribution in [1.82, 2.24) is 5.06 Å². The predicted molar refractivity (Wildman–Crippen MR) is 81.1 cm³/mol. The minimum absolute atomic E-state index is 0.195. The Morgan fingerprint density at radius 2 is 1.53 bits per heavy atom. The zero-order valence-electron chi connectivity index (χ0n) is 12.7. The molecule has 1 aliphatic rings. The maximum Gasteiger partial charge on any atom is 0.0693 e. The fourth-order valence-electron chi connectivity index (χ4n) is 2.73. The summed E-state index contributed by atoms with van der Waals surface area (Å²) in [4.78, 5) is 0. The average Bonchev–Trinajstić information content (AvgIpc) is 2.41. The summed E-state index contributed by atoms with van der Waals surface area (Å²) >= 11 is 0. The van der Waals surface area contributed by atoms with E-state index < -0.39 is 0 Å². The first-order valence-corrected chi connectivity index (χ1v) is 8.36. The molecule has 1 rings (SSSR count). The van der Waals surface area contributed by atoms with Crippen LogP contribution in [0, 0.1) is 5.21 Å². The summed E-state index contributed by atoms with van der Waals surface area (Å²) in [5.74, 6) is 0. The van der Waals surface area contributed by atoms with E-state index in [1.807, 2.05) is 0 Å². The quantitative estimate of drug-likeness (QED) is 0.519. The summed E-state index contributed by atoms with van der Waals surface area (Å²) in [6.07, 6.45) is 14.9. The third-order valence-electron chi connectivity index (χ3n) is 3.98. The van der Waals surface area contributed by atoms with Crippen molar-refractivity contribution in [1.29, 1.82) is 0 Å². The molecule has 0 amide bonds. The molecular formula is C16H32NO2-. The Morgan fingerprint density at radius 1 is 0.947 bits per heavy atom. The molecule has 0 spiro atoms. The first-order valence-electron chi connectivity index (χ1n) is 8.36. The largest absolute Gasteiger partial charge is 0.785 e. The van der Waals surface area contributed by atoms with Crippen LogP contribution in [0.1, 0.15) is 77.6 Å². The van der Waals surface area contributed by atoms with E-state index in [1.54, 1.807) is 0 Å². The van der Waals surface area contributed by atoms with Gasteiger partial charge in [-0.05, 0) is 6.42 Å². The van der Waals surface area contributed by atoms with Crippen LogP contribution in [-0.2, 0) is 4.74 Å². The summed E-state index contributed by atoms with van der Waals surface area (Å²) < 4.78 is 5.59. The molecule has 1 atom stereocenters. The van der Waals surface area contributed by atoms with E-state index in [2.05, 4.69) is 6.92 Å². The highest BCUT2D eigenvalue weighted by Gasteiger charge is 2.13. The van der Waals surface area contributed by atoms with Crippen LogP contribution in [0.15, 0.2) is 0 Å². The summed E-state index contributed by atoms with van der Waals surface area (Å²) in [6, 6.07) is 0. The summed E-state index contributed by atoms with van der Waals surface area (Å²) in [7, 11) is 0. The van der Waals surface area contributed by atoms with E-state index in [-0.39, 0.29) is 6.10 Å². The van der Waals surface area contributed by atoms with Crippen LogP contribution in [-0.4, -0.2) is 30.9 Å². The third kappa shape index (κ3) is 9.42. The number of ether oxygens (including phenoxy) is 1. The van der Waals surface area contributed by atoms with Gasteiger partial charge in [-0.15, -0.1) is 0 Å². The van der Waals surface area contributed by atoms with Gasteiger partial charge in [0.2, 0.25) is 0 Å². The van der Waals surface area contributed by atoms with Crippen molar-refractivity contribution in [3.8, 4) is 0 Å². The molecule has 0 aromatic rings. The van der Waals surface area contributed by atoms with Crippen LogP contribution < -0.4 is 0 Å². The number of nitrogens with zero attached hydrogens (tertiary/aromatic N) is 1. The van der Waals surface area contributed by atoms with Crippen LogP contribution in [0.3, 0.4) is 0 Å². The first kappa shape index (κ1) is 16.9. The van der Waals surface area contributed by atoms with Crippen molar-refractivity contribution in [2.45, 2.75) is 83.7 Å². The highest BCUT2D eigenvalue weighted by molar-refractivity contribution is 4.71. The van der Waals surface area contributed by atoms with E-state index in [1.165, 1.54) is 64.2 Å². The van der Waals surface area contributed by atoms with Crippen molar-refractivity contribution < 1.29 is 4.74 Å². The minimum Gasteiger partial charge on any atom is -0.785 e. The lowest BCUT2D eigenvalue weighted by Gasteiger charge is -2.37. The molecule has 0 saturated carbocycles. The van der Waals surface area contributed by atoms with Gasteiger partial charge in [0, 0.05) is 13.1 Å². The Kier molecular flexibility index (Phi) is 10.4. The number of hydrogen-bond donors (Lipinski definition) is 0. The molecule has 1 aliphatic heterocycles. The lowest BCUT2D eigenvalue weighted by atomic mass is 10.0. The lowest BCUT2D eigenvalue weighted by Crippen LogP contribution is -2.38. The highest BCUT2D eigenvalue weighted by Crippen LogP contribution is 2.14. The molecule has 1 saturated heterocycles. The topological polar surface area (TPSA) is 35.5 Å². The Balaban J connectivity index is 1.78. The highest BCUT2D eigenvalue weighted by atomic mass is 16.5. The standard InChI is InChI=1S/C16H32NO2/c1-2-3-4-5-6-7-8-9-10-11-12-16-15-17(18)13-14-19-16/h16H,2-15H2,1H3/q-1. The molecule has 0 N–H and O–H groups in total. The van der Waals surface area contributed by atoms with E-state index in [0.717, 1.165) is 11.5 Å². The van der Waals surface area contributed by atoms with Gasteiger partial charge in [0.15, 0.2) is 0 Å². The van der Waals surface area contributed by atoms with Crippen LogP contribution >= 0.6 is 0 Å². The molecule has 1 fully saturated rings. The molecule has 0 aromatic heterocycles. The van der Waals surface area contributed by atoms with Crippen LogP contribution in [0.5, 0.6) is 0 Å². The van der Waals surface area contributed by atoms with Gasteiger partial charge < -0.3 is 15.0 Å². The molecular weight excluding hydrogens is 238 g/mol. The fourth-order valence-corrected chi connectivity index (χ4v) is 2.73. The zero-order valence-corrected chi connectivity index (χ0v) is 12.7. The van der Waals surface area contributed by atoms with Gasteiger partial charge in [0.1, 0.15) is 0 Å². The Labute approximate surface area is 119 Å². The molecule has 3 nitrogen and oxygen atoms in total. The summed E-state index contributed by atoms with van der Waals surface area (Å²) in [5, 5.41) is 12.3. The molecule has 0 radical (unpaired) electrons. The summed E-state index contributed by atoms with van der Waals surface area (Å²) in [5.41, 5.74) is 0. The zero-order chi connectivity index (χ0) is 13.8. The van der Waals surface area contributed by atoms with Gasteiger partial charge >= 0.3 is 0 Å². The second kappa shape index (κ2) is 11.7. The number of morpholine rings is 1. The number of unbranched alkanes of at least 4 members (excludes halogenated alkanes) is 9. The van der Waals surface area contributed by atoms with Gasteiger partial charge in [-0.25, -0.2) is 0 Å².